The first-order valence-electron chi connectivity index (χ1n) is 6.02. The minimum absolute atomic E-state index is 0.402. The van der Waals surface area contributed by atoms with Crippen molar-refractivity contribution >= 4 is 12.1 Å². The van der Waals surface area contributed by atoms with Crippen LogP contribution < -0.4 is 5.32 Å². The second kappa shape index (κ2) is 6.04. The molecule has 1 rings (SSSR count). The molecule has 1 N–H and O–H groups in total. The van der Waals surface area contributed by atoms with Crippen molar-refractivity contribution in [3.8, 4) is 0 Å². The van der Waals surface area contributed by atoms with Crippen molar-refractivity contribution in [2.45, 2.75) is 51.4 Å². The molecule has 6 nitrogen and oxygen atoms in total. The van der Waals surface area contributed by atoms with E-state index in [2.05, 4.69) is 10.1 Å². The first-order valence-corrected chi connectivity index (χ1v) is 6.02. The fourth-order valence-corrected chi connectivity index (χ4v) is 1.74. The minimum Gasteiger partial charge on any atom is -0.467 e. The summed E-state index contributed by atoms with van der Waals surface area (Å²) in [6.45, 7) is 5.83. The van der Waals surface area contributed by atoms with Crippen molar-refractivity contribution in [2.75, 3.05) is 13.7 Å². The van der Waals surface area contributed by atoms with E-state index in [9.17, 15) is 9.59 Å². The summed E-state index contributed by atoms with van der Waals surface area (Å²) in [7, 11) is 1.30. The van der Waals surface area contributed by atoms with Gasteiger partial charge in [-0.1, -0.05) is 0 Å². The lowest BCUT2D eigenvalue weighted by molar-refractivity contribution is -0.159. The molecule has 1 amide bonds. The molecule has 0 spiro atoms. The number of ether oxygens (including phenoxy) is 3. The fraction of sp³-hybridized carbons (Fsp3) is 0.833. The zero-order valence-corrected chi connectivity index (χ0v) is 11.3. The first kappa shape index (κ1) is 14.8. The number of hydrogen-bond donors (Lipinski definition) is 1. The van der Waals surface area contributed by atoms with E-state index in [1.807, 2.05) is 0 Å². The Bertz CT molecular complexity index is 310. The molecule has 18 heavy (non-hydrogen) atoms. The van der Waals surface area contributed by atoms with Crippen LogP contribution in [-0.4, -0.2) is 43.5 Å². The maximum atomic E-state index is 11.6. The molecule has 1 fully saturated rings. The molecule has 1 aliphatic rings. The van der Waals surface area contributed by atoms with Crippen LogP contribution in [0.4, 0.5) is 4.79 Å². The molecule has 0 bridgehead atoms. The van der Waals surface area contributed by atoms with Crippen LogP contribution in [0.5, 0.6) is 0 Å². The van der Waals surface area contributed by atoms with Gasteiger partial charge in [-0.15, -0.1) is 0 Å². The zero-order chi connectivity index (χ0) is 13.8. The van der Waals surface area contributed by atoms with Crippen molar-refractivity contribution in [1.29, 1.82) is 0 Å². The third kappa shape index (κ3) is 4.52. The number of hydrogen-bond acceptors (Lipinski definition) is 5. The van der Waals surface area contributed by atoms with E-state index >= 15 is 0 Å². The molecular weight excluding hydrogens is 238 g/mol. The van der Waals surface area contributed by atoms with E-state index in [0.717, 1.165) is 6.42 Å². The Labute approximate surface area is 107 Å². The van der Waals surface area contributed by atoms with Gasteiger partial charge in [0.25, 0.3) is 0 Å². The molecule has 6 heteroatoms. The number of methoxy groups -OCH3 is 1. The number of amides is 1. The average Bonchev–Trinajstić information content (AvgIpc) is 2.26. The molecule has 0 radical (unpaired) electrons. The van der Waals surface area contributed by atoms with Crippen molar-refractivity contribution in [2.24, 2.45) is 0 Å². The molecule has 0 aromatic heterocycles. The van der Waals surface area contributed by atoms with Crippen LogP contribution >= 0.6 is 0 Å². The summed E-state index contributed by atoms with van der Waals surface area (Å²) in [5, 5.41) is 2.65. The highest BCUT2D eigenvalue weighted by Crippen LogP contribution is 2.16. The third-order valence-electron chi connectivity index (χ3n) is 2.46. The summed E-state index contributed by atoms with van der Waals surface area (Å²) in [5.41, 5.74) is -0.569. The number of carbonyl (C=O) groups is 2. The SMILES string of the molecule is COC(=O)[C@H]1OCCC[C@@H]1NC(=O)OC(C)(C)C. The molecule has 0 aromatic rings. The molecule has 1 aliphatic heterocycles. The third-order valence-corrected chi connectivity index (χ3v) is 2.46. The van der Waals surface area contributed by atoms with Crippen LogP contribution in [0.25, 0.3) is 0 Å². The molecule has 2 atom stereocenters. The Kier molecular flexibility index (Phi) is 4.95. The lowest BCUT2D eigenvalue weighted by atomic mass is 10.0. The maximum Gasteiger partial charge on any atom is 0.407 e. The summed E-state index contributed by atoms with van der Waals surface area (Å²) >= 11 is 0. The number of alkyl carbamates (subject to hydrolysis) is 1. The Morgan fingerprint density at radius 1 is 1.33 bits per heavy atom. The van der Waals surface area contributed by atoms with Crippen molar-refractivity contribution in [3.63, 3.8) is 0 Å². The van der Waals surface area contributed by atoms with Crippen molar-refractivity contribution < 1.29 is 23.8 Å². The molecule has 0 aliphatic carbocycles. The number of carbonyl (C=O) groups excluding carboxylic acids is 2. The van der Waals surface area contributed by atoms with Gasteiger partial charge in [0.1, 0.15) is 5.60 Å². The average molecular weight is 259 g/mol. The van der Waals surface area contributed by atoms with Crippen LogP contribution in [0.1, 0.15) is 33.6 Å². The Balaban J connectivity index is 2.57. The molecule has 1 saturated heterocycles. The van der Waals surface area contributed by atoms with Crippen LogP contribution in [0.15, 0.2) is 0 Å². The summed E-state index contributed by atoms with van der Waals surface area (Å²) in [6.07, 6.45) is 0.149. The minimum atomic E-state index is -0.753. The molecular formula is C12H21NO5. The van der Waals surface area contributed by atoms with Gasteiger partial charge in [0, 0.05) is 6.61 Å². The second-order valence-electron chi connectivity index (χ2n) is 5.21. The number of nitrogens with one attached hydrogen (secondary N) is 1. The fourth-order valence-electron chi connectivity index (χ4n) is 1.74. The van der Waals surface area contributed by atoms with Gasteiger partial charge in [0.05, 0.1) is 13.2 Å². The number of rotatable bonds is 2. The Morgan fingerprint density at radius 3 is 2.56 bits per heavy atom. The Morgan fingerprint density at radius 2 is 2.00 bits per heavy atom. The summed E-state index contributed by atoms with van der Waals surface area (Å²) in [4.78, 5) is 23.1. The predicted octanol–water partition coefficient (Wildman–Crippen LogP) is 1.23. The van der Waals surface area contributed by atoms with Gasteiger partial charge in [-0.2, -0.15) is 0 Å². The van der Waals surface area contributed by atoms with E-state index in [1.165, 1.54) is 7.11 Å². The van der Waals surface area contributed by atoms with Gasteiger partial charge in [-0.05, 0) is 33.6 Å². The van der Waals surface area contributed by atoms with Crippen molar-refractivity contribution in [1.82, 2.24) is 5.32 Å². The normalized spacial score (nSPS) is 24.2. The van der Waals surface area contributed by atoms with Gasteiger partial charge in [-0.25, -0.2) is 9.59 Å². The van der Waals surface area contributed by atoms with Gasteiger partial charge < -0.3 is 19.5 Å². The van der Waals surface area contributed by atoms with Gasteiger partial charge >= 0.3 is 12.1 Å². The van der Waals surface area contributed by atoms with E-state index < -0.39 is 29.8 Å². The van der Waals surface area contributed by atoms with Gasteiger partial charge in [0.15, 0.2) is 6.10 Å². The topological polar surface area (TPSA) is 73.9 Å². The highest BCUT2D eigenvalue weighted by molar-refractivity contribution is 5.77. The van der Waals surface area contributed by atoms with Crippen LogP contribution in [0.3, 0.4) is 0 Å². The lowest BCUT2D eigenvalue weighted by Crippen LogP contribution is -2.52. The smallest absolute Gasteiger partial charge is 0.407 e. The summed E-state index contributed by atoms with van der Waals surface area (Å²) < 4.78 is 15.1. The van der Waals surface area contributed by atoms with Gasteiger partial charge in [-0.3, -0.25) is 0 Å². The van der Waals surface area contributed by atoms with Gasteiger partial charge in [0.2, 0.25) is 0 Å². The maximum absolute atomic E-state index is 11.6. The second-order valence-corrected chi connectivity index (χ2v) is 5.21. The molecule has 0 unspecified atom stereocenters. The van der Waals surface area contributed by atoms with Crippen LogP contribution in [0.2, 0.25) is 0 Å². The predicted molar refractivity (Wildman–Crippen MR) is 64.1 cm³/mol. The quantitative estimate of drug-likeness (QED) is 0.755. The molecule has 0 aromatic carbocycles. The highest BCUT2D eigenvalue weighted by atomic mass is 16.6. The monoisotopic (exact) mass is 259 g/mol. The zero-order valence-electron chi connectivity index (χ0n) is 11.3. The lowest BCUT2D eigenvalue weighted by Gasteiger charge is -2.31. The van der Waals surface area contributed by atoms with Crippen LogP contribution in [0, 0.1) is 0 Å². The van der Waals surface area contributed by atoms with Crippen LogP contribution in [-0.2, 0) is 19.0 Å². The van der Waals surface area contributed by atoms with E-state index in [0.29, 0.717) is 13.0 Å². The van der Waals surface area contributed by atoms with E-state index in [4.69, 9.17) is 9.47 Å². The first-order chi connectivity index (χ1) is 8.33. The standard InChI is InChI=1S/C12H21NO5/c1-12(2,3)18-11(15)13-8-6-5-7-17-9(8)10(14)16-4/h8-9H,5-7H2,1-4H3,(H,13,15)/t8-,9-/m0/s1. The van der Waals surface area contributed by atoms with Crippen molar-refractivity contribution in [3.05, 3.63) is 0 Å². The molecule has 104 valence electrons. The van der Waals surface area contributed by atoms with E-state index in [-0.39, 0.29) is 0 Å². The largest absolute Gasteiger partial charge is 0.467 e. The highest BCUT2D eigenvalue weighted by Gasteiger charge is 2.34. The Hall–Kier alpha value is -1.30. The molecule has 0 saturated carbocycles. The molecule has 1 heterocycles. The summed E-state index contributed by atoms with van der Waals surface area (Å²) in [5.74, 6) is -0.476. The summed E-state index contributed by atoms with van der Waals surface area (Å²) in [6, 6.07) is -0.402. The van der Waals surface area contributed by atoms with E-state index in [1.54, 1.807) is 20.8 Å². The number of esters is 1.